The van der Waals surface area contributed by atoms with Crippen LogP contribution in [-0.4, -0.2) is 40.5 Å². The summed E-state index contributed by atoms with van der Waals surface area (Å²) in [7, 11) is -1.84. The van der Waals surface area contributed by atoms with E-state index in [2.05, 4.69) is 5.32 Å². The number of amides is 2. The van der Waals surface area contributed by atoms with Crippen LogP contribution in [-0.2, 0) is 22.1 Å². The molecule has 1 heterocycles. The molecule has 1 unspecified atom stereocenters. The molecule has 2 aromatic rings. The zero-order valence-electron chi connectivity index (χ0n) is 17.7. The first-order valence-electron chi connectivity index (χ1n) is 10.1. The molecule has 0 saturated heterocycles. The molecule has 0 aliphatic carbocycles. The lowest BCUT2D eigenvalue weighted by molar-refractivity contribution is -0.135. The van der Waals surface area contributed by atoms with Crippen molar-refractivity contribution in [1.82, 2.24) is 5.32 Å². The predicted octanol–water partition coefficient (Wildman–Crippen LogP) is 2.75. The molecule has 0 bridgehead atoms. The number of carbonyl (C=O) groups is 2. The number of rotatable bonds is 6. The lowest BCUT2D eigenvalue weighted by atomic mass is 10.1. The Kier molecular flexibility index (Phi) is 7.68. The minimum absolute atomic E-state index is 0.0162. The van der Waals surface area contributed by atoms with Gasteiger partial charge in [-0.25, -0.2) is 4.39 Å². The quantitative estimate of drug-likeness (QED) is 0.471. The first-order chi connectivity index (χ1) is 16.0. The van der Waals surface area contributed by atoms with E-state index in [0.717, 1.165) is 12.1 Å². The summed E-state index contributed by atoms with van der Waals surface area (Å²) in [5, 5.41) is 11.2. The van der Waals surface area contributed by atoms with E-state index < -0.39 is 52.6 Å². The normalized spacial score (nSPS) is 18.1. The molecular formula is C22H20F4N4O3S. The van der Waals surface area contributed by atoms with E-state index in [1.165, 1.54) is 4.90 Å². The second kappa shape index (κ2) is 10.3. The van der Waals surface area contributed by atoms with Crippen LogP contribution in [0.1, 0.15) is 34.3 Å². The summed E-state index contributed by atoms with van der Waals surface area (Å²) < 4.78 is 64.3. The number of fused-ring (bicyclic) bond motifs is 1. The second-order valence-electron chi connectivity index (χ2n) is 7.63. The maximum Gasteiger partial charge on any atom is 0.389 e. The van der Waals surface area contributed by atoms with Crippen LogP contribution in [0, 0.1) is 17.1 Å². The number of nitrogens with one attached hydrogen (secondary N) is 1. The van der Waals surface area contributed by atoms with Crippen molar-refractivity contribution in [3.63, 3.8) is 0 Å². The van der Waals surface area contributed by atoms with Crippen LogP contribution in [0.2, 0.25) is 0 Å². The van der Waals surface area contributed by atoms with E-state index in [1.54, 1.807) is 24.3 Å². The summed E-state index contributed by atoms with van der Waals surface area (Å²) >= 11 is 0. The van der Waals surface area contributed by atoms with Crippen molar-refractivity contribution in [2.24, 2.45) is 5.73 Å². The van der Waals surface area contributed by atoms with Crippen LogP contribution in [0.25, 0.3) is 0 Å². The Morgan fingerprint density at radius 3 is 2.56 bits per heavy atom. The van der Waals surface area contributed by atoms with Gasteiger partial charge in [0.15, 0.2) is 0 Å². The Hall–Kier alpha value is -3.30. The number of carbonyl (C=O) groups excluding carboxylic acids is 2. The molecule has 0 saturated carbocycles. The van der Waals surface area contributed by atoms with Gasteiger partial charge in [-0.05, 0) is 36.2 Å². The molecule has 2 aromatic carbocycles. The topological polar surface area (TPSA) is 116 Å². The molecule has 180 valence electrons. The maximum atomic E-state index is 14.7. The van der Waals surface area contributed by atoms with Crippen LogP contribution >= 0.6 is 0 Å². The van der Waals surface area contributed by atoms with E-state index in [1.807, 2.05) is 6.07 Å². The highest BCUT2D eigenvalue weighted by Gasteiger charge is 2.33. The lowest BCUT2D eigenvalue weighted by Gasteiger charge is -2.25. The third-order valence-corrected chi connectivity index (χ3v) is 6.57. The van der Waals surface area contributed by atoms with Crippen molar-refractivity contribution in [1.29, 1.82) is 5.26 Å². The van der Waals surface area contributed by atoms with Gasteiger partial charge >= 0.3 is 6.18 Å². The van der Waals surface area contributed by atoms with E-state index in [9.17, 15) is 31.4 Å². The minimum Gasteiger partial charge on any atom is -0.352 e. The zero-order valence-corrected chi connectivity index (χ0v) is 18.5. The van der Waals surface area contributed by atoms with E-state index >= 15 is 0 Å². The average Bonchev–Trinajstić information content (AvgIpc) is 2.86. The number of nitrogens with zero attached hydrogens (tertiary/aromatic N) is 2. The van der Waals surface area contributed by atoms with Gasteiger partial charge in [-0.2, -0.15) is 18.4 Å². The SMILES string of the molecule is N#Cc1ccc(CN2C(=O)[C@@H](N)CS(=O)c3cc(F)c(C(=O)NCCCC(F)(F)F)cc32)cc1. The Labute approximate surface area is 195 Å². The van der Waals surface area contributed by atoms with Gasteiger partial charge in [0.05, 0.1) is 56.9 Å². The number of nitrogens with two attached hydrogens (primary N) is 1. The van der Waals surface area contributed by atoms with Crippen molar-refractivity contribution >= 4 is 28.3 Å². The summed E-state index contributed by atoms with van der Waals surface area (Å²) in [4.78, 5) is 26.6. The first-order valence-corrected chi connectivity index (χ1v) is 11.4. The summed E-state index contributed by atoms with van der Waals surface area (Å²) in [5.74, 6) is -2.84. The number of anilines is 1. The van der Waals surface area contributed by atoms with Crippen molar-refractivity contribution in [2.45, 2.75) is 36.5 Å². The summed E-state index contributed by atoms with van der Waals surface area (Å²) in [6, 6.07) is 9.07. The minimum atomic E-state index is -4.38. The van der Waals surface area contributed by atoms with Crippen LogP contribution in [0.15, 0.2) is 41.3 Å². The van der Waals surface area contributed by atoms with Gasteiger partial charge in [-0.3, -0.25) is 13.8 Å². The van der Waals surface area contributed by atoms with Crippen molar-refractivity contribution in [3.05, 3.63) is 58.9 Å². The third kappa shape index (κ3) is 5.98. The van der Waals surface area contributed by atoms with Gasteiger partial charge in [-0.15, -0.1) is 0 Å². The van der Waals surface area contributed by atoms with Gasteiger partial charge in [0, 0.05) is 13.0 Å². The first kappa shape index (κ1) is 25.3. The van der Waals surface area contributed by atoms with E-state index in [0.29, 0.717) is 11.1 Å². The number of alkyl halides is 3. The van der Waals surface area contributed by atoms with Crippen LogP contribution < -0.4 is 16.0 Å². The number of hydrogen-bond donors (Lipinski definition) is 2. The fourth-order valence-electron chi connectivity index (χ4n) is 3.37. The van der Waals surface area contributed by atoms with Gasteiger partial charge < -0.3 is 16.0 Å². The average molecular weight is 496 g/mol. The Morgan fingerprint density at radius 2 is 1.94 bits per heavy atom. The monoisotopic (exact) mass is 496 g/mol. The fourth-order valence-corrected chi connectivity index (χ4v) is 4.66. The van der Waals surface area contributed by atoms with Crippen LogP contribution in [0.4, 0.5) is 23.2 Å². The molecule has 0 spiro atoms. The maximum absolute atomic E-state index is 14.7. The van der Waals surface area contributed by atoms with E-state index in [-0.39, 0.29) is 35.8 Å². The molecule has 0 radical (unpaired) electrons. The number of benzene rings is 2. The van der Waals surface area contributed by atoms with Gasteiger partial charge in [0.2, 0.25) is 5.91 Å². The van der Waals surface area contributed by atoms with Crippen molar-refractivity contribution in [2.75, 3.05) is 17.2 Å². The third-order valence-electron chi connectivity index (χ3n) is 5.09. The number of nitriles is 1. The molecule has 0 fully saturated rings. The highest BCUT2D eigenvalue weighted by Crippen LogP contribution is 2.32. The number of hydrogen-bond acceptors (Lipinski definition) is 5. The molecule has 0 aromatic heterocycles. The molecule has 12 heteroatoms. The molecular weight excluding hydrogens is 476 g/mol. The Morgan fingerprint density at radius 1 is 1.26 bits per heavy atom. The standard InChI is InChI=1S/C22H20F4N4O3S/c23-16-9-19-18(8-15(16)20(31)29-7-1-6-22(24,25)26)30(21(32)17(28)12-34(19)33)11-14-4-2-13(10-27)3-5-14/h2-5,8-9,17H,1,6-7,11-12,28H2,(H,29,31)/t17-,34?/m0/s1. The van der Waals surface area contributed by atoms with Gasteiger partial charge in [-0.1, -0.05) is 12.1 Å². The molecule has 1 aliphatic rings. The van der Waals surface area contributed by atoms with E-state index in [4.69, 9.17) is 11.0 Å². The van der Waals surface area contributed by atoms with Crippen LogP contribution in [0.5, 0.6) is 0 Å². The molecule has 2 atom stereocenters. The molecule has 3 rings (SSSR count). The Bertz CT molecular complexity index is 1160. The Balaban J connectivity index is 1.93. The highest BCUT2D eigenvalue weighted by molar-refractivity contribution is 7.85. The summed E-state index contributed by atoms with van der Waals surface area (Å²) in [6.07, 6.45) is -5.87. The summed E-state index contributed by atoms with van der Waals surface area (Å²) in [6.45, 7) is -0.389. The number of halogens is 4. The lowest BCUT2D eigenvalue weighted by Crippen LogP contribution is -2.44. The van der Waals surface area contributed by atoms with Crippen molar-refractivity contribution in [3.8, 4) is 6.07 Å². The molecule has 1 aliphatic heterocycles. The summed E-state index contributed by atoms with van der Waals surface area (Å²) in [5.41, 5.74) is 6.41. The van der Waals surface area contributed by atoms with Gasteiger partial charge in [0.25, 0.3) is 5.91 Å². The molecule has 3 N–H and O–H groups in total. The largest absolute Gasteiger partial charge is 0.389 e. The zero-order chi connectivity index (χ0) is 25.0. The molecule has 7 nitrogen and oxygen atoms in total. The molecule has 2 amide bonds. The van der Waals surface area contributed by atoms with Gasteiger partial charge in [0.1, 0.15) is 5.82 Å². The smallest absolute Gasteiger partial charge is 0.352 e. The fraction of sp³-hybridized carbons (Fsp3) is 0.318. The molecule has 34 heavy (non-hydrogen) atoms. The van der Waals surface area contributed by atoms with Crippen LogP contribution in [0.3, 0.4) is 0 Å². The predicted molar refractivity (Wildman–Crippen MR) is 116 cm³/mol. The second-order valence-corrected chi connectivity index (χ2v) is 9.09. The highest BCUT2D eigenvalue weighted by atomic mass is 32.2. The van der Waals surface area contributed by atoms with Crippen molar-refractivity contribution < 1.29 is 31.4 Å².